The van der Waals surface area contributed by atoms with Crippen LogP contribution in [-0.2, 0) is 16.1 Å². The van der Waals surface area contributed by atoms with E-state index in [9.17, 15) is 9.59 Å². The van der Waals surface area contributed by atoms with E-state index in [2.05, 4.69) is 10.4 Å². The molecule has 0 saturated heterocycles. The highest BCUT2D eigenvalue weighted by molar-refractivity contribution is 6.32. The van der Waals surface area contributed by atoms with E-state index in [4.69, 9.17) is 25.8 Å². The second kappa shape index (κ2) is 8.10. The van der Waals surface area contributed by atoms with Crippen molar-refractivity contribution in [3.05, 3.63) is 34.6 Å². The third kappa shape index (κ3) is 4.22. The van der Waals surface area contributed by atoms with E-state index >= 15 is 0 Å². The Kier molecular flexibility index (Phi) is 5.79. The standard InChI is InChI=1S/C19H22ClN3O5/c1-10(2)8-23-17(20)16(11(3)22-23)19(25)28-12(4)18(24)21-13-5-6-14-15(7-13)27-9-26-14/h5-7,10,12H,8-9H2,1-4H3,(H,21,24)/t12-/m0/s1. The number of nitrogens with zero attached hydrogens (tertiary/aromatic N) is 2. The summed E-state index contributed by atoms with van der Waals surface area (Å²) in [6.07, 6.45) is -1.03. The van der Waals surface area contributed by atoms with Crippen molar-refractivity contribution in [1.29, 1.82) is 0 Å². The van der Waals surface area contributed by atoms with Crippen molar-refractivity contribution in [3.8, 4) is 11.5 Å². The summed E-state index contributed by atoms with van der Waals surface area (Å²) >= 11 is 6.29. The van der Waals surface area contributed by atoms with Gasteiger partial charge in [-0.25, -0.2) is 4.79 Å². The van der Waals surface area contributed by atoms with Crippen LogP contribution in [0, 0.1) is 12.8 Å². The van der Waals surface area contributed by atoms with Gasteiger partial charge in [-0.15, -0.1) is 0 Å². The van der Waals surface area contributed by atoms with Crippen LogP contribution in [0.3, 0.4) is 0 Å². The average Bonchev–Trinajstić information content (AvgIpc) is 3.18. The molecule has 0 unspecified atom stereocenters. The Morgan fingerprint density at radius 3 is 2.71 bits per heavy atom. The van der Waals surface area contributed by atoms with E-state index in [1.807, 2.05) is 13.8 Å². The largest absolute Gasteiger partial charge is 0.454 e. The van der Waals surface area contributed by atoms with Gasteiger partial charge in [0.15, 0.2) is 17.6 Å². The Labute approximate surface area is 167 Å². The highest BCUT2D eigenvalue weighted by Crippen LogP contribution is 2.34. The van der Waals surface area contributed by atoms with Crippen LogP contribution in [0.2, 0.25) is 5.15 Å². The Balaban J connectivity index is 1.65. The third-order valence-electron chi connectivity index (χ3n) is 4.10. The van der Waals surface area contributed by atoms with Crippen molar-refractivity contribution in [2.45, 2.75) is 40.3 Å². The number of anilines is 1. The summed E-state index contributed by atoms with van der Waals surface area (Å²) in [6, 6.07) is 5.02. The van der Waals surface area contributed by atoms with Crippen LogP contribution >= 0.6 is 11.6 Å². The molecule has 8 nitrogen and oxygen atoms in total. The summed E-state index contributed by atoms with van der Waals surface area (Å²) in [5.74, 6) is 0.303. The van der Waals surface area contributed by atoms with Crippen molar-refractivity contribution < 1.29 is 23.8 Å². The minimum absolute atomic E-state index is 0.144. The fraction of sp³-hybridized carbons (Fsp3) is 0.421. The molecule has 1 atom stereocenters. The van der Waals surface area contributed by atoms with Gasteiger partial charge >= 0.3 is 5.97 Å². The molecule has 2 heterocycles. The number of aromatic nitrogens is 2. The molecule has 150 valence electrons. The maximum Gasteiger partial charge on any atom is 0.343 e. The molecule has 1 aliphatic heterocycles. The molecule has 0 spiro atoms. The Bertz CT molecular complexity index is 909. The number of rotatable bonds is 6. The molecule has 1 aromatic carbocycles. The molecular formula is C19H22ClN3O5. The predicted octanol–water partition coefficient (Wildman–Crippen LogP) is 3.41. The SMILES string of the molecule is Cc1nn(CC(C)C)c(Cl)c1C(=O)O[C@@H](C)C(=O)Nc1ccc2c(c1)OCO2. The fourth-order valence-corrected chi connectivity index (χ4v) is 3.06. The smallest absolute Gasteiger partial charge is 0.343 e. The summed E-state index contributed by atoms with van der Waals surface area (Å²) in [6.45, 7) is 7.93. The lowest BCUT2D eigenvalue weighted by Crippen LogP contribution is -2.30. The van der Waals surface area contributed by atoms with E-state index in [-0.39, 0.29) is 17.5 Å². The zero-order valence-electron chi connectivity index (χ0n) is 16.1. The normalized spacial score (nSPS) is 13.5. The number of fused-ring (bicyclic) bond motifs is 1. The summed E-state index contributed by atoms with van der Waals surface area (Å²) in [7, 11) is 0. The van der Waals surface area contributed by atoms with Gasteiger partial charge in [-0.1, -0.05) is 25.4 Å². The number of carbonyl (C=O) groups excluding carboxylic acids is 2. The van der Waals surface area contributed by atoms with Gasteiger partial charge < -0.3 is 19.5 Å². The van der Waals surface area contributed by atoms with Crippen LogP contribution in [0.5, 0.6) is 11.5 Å². The Morgan fingerprint density at radius 2 is 2.00 bits per heavy atom. The number of ether oxygens (including phenoxy) is 3. The molecule has 1 aromatic heterocycles. The van der Waals surface area contributed by atoms with Crippen LogP contribution in [0.4, 0.5) is 5.69 Å². The van der Waals surface area contributed by atoms with E-state index in [1.165, 1.54) is 6.92 Å². The topological polar surface area (TPSA) is 91.7 Å². The molecular weight excluding hydrogens is 386 g/mol. The van der Waals surface area contributed by atoms with Gasteiger partial charge in [0.2, 0.25) is 6.79 Å². The molecule has 1 amide bonds. The first-order chi connectivity index (χ1) is 13.3. The number of carbonyl (C=O) groups is 2. The monoisotopic (exact) mass is 407 g/mol. The number of esters is 1. The fourth-order valence-electron chi connectivity index (χ4n) is 2.74. The van der Waals surface area contributed by atoms with E-state index in [0.717, 1.165) is 0 Å². The molecule has 0 aliphatic carbocycles. The van der Waals surface area contributed by atoms with Crippen molar-refractivity contribution in [3.63, 3.8) is 0 Å². The van der Waals surface area contributed by atoms with Crippen LogP contribution in [-0.4, -0.2) is 34.6 Å². The minimum atomic E-state index is -1.03. The summed E-state index contributed by atoms with van der Waals surface area (Å²) in [4.78, 5) is 24.9. The molecule has 28 heavy (non-hydrogen) atoms. The summed E-state index contributed by atoms with van der Waals surface area (Å²) in [5.41, 5.74) is 1.14. The second-order valence-corrected chi connectivity index (χ2v) is 7.29. The maximum absolute atomic E-state index is 12.5. The lowest BCUT2D eigenvalue weighted by molar-refractivity contribution is -0.123. The van der Waals surface area contributed by atoms with Gasteiger partial charge in [0.25, 0.3) is 5.91 Å². The number of aryl methyl sites for hydroxylation is 1. The van der Waals surface area contributed by atoms with Crippen LogP contribution in [0.1, 0.15) is 36.8 Å². The lowest BCUT2D eigenvalue weighted by atomic mass is 10.2. The molecule has 1 N–H and O–H groups in total. The molecule has 0 radical (unpaired) electrons. The molecule has 9 heteroatoms. The quantitative estimate of drug-likeness (QED) is 0.738. The van der Waals surface area contributed by atoms with Crippen molar-refractivity contribution >= 4 is 29.2 Å². The van der Waals surface area contributed by atoms with Gasteiger partial charge in [0.1, 0.15) is 10.7 Å². The molecule has 0 saturated carbocycles. The first kappa shape index (κ1) is 20.0. The van der Waals surface area contributed by atoms with E-state index < -0.39 is 18.0 Å². The highest BCUT2D eigenvalue weighted by Gasteiger charge is 2.26. The number of amides is 1. The highest BCUT2D eigenvalue weighted by atomic mass is 35.5. The third-order valence-corrected chi connectivity index (χ3v) is 4.48. The number of hydrogen-bond donors (Lipinski definition) is 1. The van der Waals surface area contributed by atoms with E-state index in [1.54, 1.807) is 29.8 Å². The lowest BCUT2D eigenvalue weighted by Gasteiger charge is -2.14. The van der Waals surface area contributed by atoms with Crippen molar-refractivity contribution in [2.75, 3.05) is 12.1 Å². The van der Waals surface area contributed by atoms with Gasteiger partial charge in [-0.05, 0) is 31.9 Å². The van der Waals surface area contributed by atoms with Crippen LogP contribution in [0.15, 0.2) is 18.2 Å². The van der Waals surface area contributed by atoms with E-state index in [0.29, 0.717) is 35.3 Å². The number of hydrogen-bond acceptors (Lipinski definition) is 6. The minimum Gasteiger partial charge on any atom is -0.454 e. The zero-order chi connectivity index (χ0) is 20.4. The molecule has 0 fully saturated rings. The summed E-state index contributed by atoms with van der Waals surface area (Å²) < 4.78 is 17.4. The molecule has 0 bridgehead atoms. The second-order valence-electron chi connectivity index (χ2n) is 6.93. The van der Waals surface area contributed by atoms with Gasteiger partial charge in [0, 0.05) is 18.3 Å². The number of halogens is 1. The van der Waals surface area contributed by atoms with Gasteiger partial charge in [-0.2, -0.15) is 5.10 Å². The van der Waals surface area contributed by atoms with Gasteiger partial charge in [0.05, 0.1) is 5.69 Å². The number of benzene rings is 1. The number of nitrogens with one attached hydrogen (secondary N) is 1. The van der Waals surface area contributed by atoms with Crippen molar-refractivity contribution in [1.82, 2.24) is 9.78 Å². The Morgan fingerprint density at radius 1 is 1.29 bits per heavy atom. The van der Waals surface area contributed by atoms with Crippen molar-refractivity contribution in [2.24, 2.45) is 5.92 Å². The molecule has 3 rings (SSSR count). The Hall–Kier alpha value is -2.74. The van der Waals surface area contributed by atoms with Crippen LogP contribution < -0.4 is 14.8 Å². The molecule has 2 aromatic rings. The maximum atomic E-state index is 12.5. The first-order valence-corrected chi connectivity index (χ1v) is 9.28. The first-order valence-electron chi connectivity index (χ1n) is 8.90. The zero-order valence-corrected chi connectivity index (χ0v) is 16.9. The summed E-state index contributed by atoms with van der Waals surface area (Å²) in [5, 5.41) is 7.17. The van der Waals surface area contributed by atoms with Gasteiger partial charge in [-0.3, -0.25) is 9.48 Å². The predicted molar refractivity (Wildman–Crippen MR) is 103 cm³/mol. The molecule has 1 aliphatic rings. The average molecular weight is 408 g/mol. The van der Waals surface area contributed by atoms with Crippen LogP contribution in [0.25, 0.3) is 0 Å².